The van der Waals surface area contributed by atoms with Gasteiger partial charge >= 0.3 is 0 Å². The molecule has 0 spiro atoms. The van der Waals surface area contributed by atoms with Crippen molar-refractivity contribution in [3.05, 3.63) is 59.7 Å². The van der Waals surface area contributed by atoms with E-state index in [1.807, 2.05) is 0 Å². The first-order chi connectivity index (χ1) is 8.70. The lowest BCUT2D eigenvalue weighted by Gasteiger charge is -2.18. The van der Waals surface area contributed by atoms with Gasteiger partial charge in [0.1, 0.15) is 0 Å². The number of hydrogen-bond acceptors (Lipinski definition) is 2. The van der Waals surface area contributed by atoms with Crippen molar-refractivity contribution < 1.29 is 0 Å². The zero-order valence-electron chi connectivity index (χ0n) is 11.1. The van der Waals surface area contributed by atoms with Gasteiger partial charge in [-0.2, -0.15) is 0 Å². The van der Waals surface area contributed by atoms with Gasteiger partial charge < -0.3 is 5.32 Å². The van der Waals surface area contributed by atoms with Crippen LogP contribution in [0, 0.1) is 6.92 Å². The van der Waals surface area contributed by atoms with Gasteiger partial charge in [0.2, 0.25) is 0 Å². The van der Waals surface area contributed by atoms with Crippen molar-refractivity contribution in [3.8, 4) is 0 Å². The number of benzene rings is 2. The van der Waals surface area contributed by atoms with Crippen LogP contribution in [0.3, 0.4) is 0 Å². The Morgan fingerprint density at radius 1 is 1.06 bits per heavy atom. The van der Waals surface area contributed by atoms with E-state index in [0.717, 1.165) is 0 Å². The molecule has 2 heteroatoms. The molecular weight excluding hydrogens is 238 g/mol. The molecule has 2 aromatic carbocycles. The standard InChI is InChI=1S/C16H19NS/c1-12-7-4-5-10-16(12)13(2)17-14-8-6-9-15(11-14)18-3/h4-11,13,17H,1-3H3. The summed E-state index contributed by atoms with van der Waals surface area (Å²) >= 11 is 1.77. The molecule has 0 aromatic heterocycles. The second kappa shape index (κ2) is 5.96. The van der Waals surface area contributed by atoms with Crippen LogP contribution in [-0.4, -0.2) is 6.26 Å². The van der Waals surface area contributed by atoms with E-state index in [9.17, 15) is 0 Å². The zero-order valence-corrected chi connectivity index (χ0v) is 11.9. The summed E-state index contributed by atoms with van der Waals surface area (Å²) in [5.41, 5.74) is 3.86. The summed E-state index contributed by atoms with van der Waals surface area (Å²) < 4.78 is 0. The minimum absolute atomic E-state index is 0.323. The molecule has 0 bridgehead atoms. The van der Waals surface area contributed by atoms with Crippen LogP contribution in [0.1, 0.15) is 24.1 Å². The fourth-order valence-corrected chi connectivity index (χ4v) is 2.57. The number of nitrogens with one attached hydrogen (secondary N) is 1. The predicted octanol–water partition coefficient (Wildman–Crippen LogP) is 4.89. The average molecular weight is 257 g/mol. The number of aryl methyl sites for hydroxylation is 1. The molecule has 0 fully saturated rings. The van der Waals surface area contributed by atoms with E-state index in [1.54, 1.807) is 11.8 Å². The van der Waals surface area contributed by atoms with Gasteiger partial charge in [-0.1, -0.05) is 30.3 Å². The molecule has 0 aliphatic heterocycles. The number of anilines is 1. The van der Waals surface area contributed by atoms with Crippen LogP contribution in [-0.2, 0) is 0 Å². The Bertz CT molecular complexity index is 522. The fourth-order valence-electron chi connectivity index (χ4n) is 2.11. The van der Waals surface area contributed by atoms with Crippen LogP contribution in [0.2, 0.25) is 0 Å². The summed E-state index contributed by atoms with van der Waals surface area (Å²) in [7, 11) is 0. The predicted molar refractivity (Wildman–Crippen MR) is 81.4 cm³/mol. The lowest BCUT2D eigenvalue weighted by Crippen LogP contribution is -2.07. The third-order valence-corrected chi connectivity index (χ3v) is 3.83. The lowest BCUT2D eigenvalue weighted by atomic mass is 10.0. The Balaban J connectivity index is 2.16. The van der Waals surface area contributed by atoms with Crippen molar-refractivity contribution in [2.24, 2.45) is 0 Å². The number of hydrogen-bond donors (Lipinski definition) is 1. The van der Waals surface area contributed by atoms with Crippen molar-refractivity contribution in [2.45, 2.75) is 24.8 Å². The maximum Gasteiger partial charge on any atom is 0.0488 e. The molecular formula is C16H19NS. The molecule has 2 aromatic rings. The van der Waals surface area contributed by atoms with E-state index in [0.29, 0.717) is 6.04 Å². The van der Waals surface area contributed by atoms with Crippen LogP contribution < -0.4 is 5.32 Å². The zero-order chi connectivity index (χ0) is 13.0. The summed E-state index contributed by atoms with van der Waals surface area (Å²) in [6.45, 7) is 4.36. The molecule has 0 aliphatic rings. The minimum atomic E-state index is 0.323. The number of rotatable bonds is 4. The van der Waals surface area contributed by atoms with Crippen LogP contribution in [0.4, 0.5) is 5.69 Å². The van der Waals surface area contributed by atoms with E-state index < -0.39 is 0 Å². The Kier molecular flexibility index (Phi) is 4.32. The SMILES string of the molecule is CSc1cccc(NC(C)c2ccccc2C)c1. The largest absolute Gasteiger partial charge is 0.378 e. The molecule has 0 amide bonds. The molecule has 0 aliphatic carbocycles. The average Bonchev–Trinajstić information content (AvgIpc) is 2.39. The molecule has 2 rings (SSSR count). The van der Waals surface area contributed by atoms with Gasteiger partial charge in [-0.15, -0.1) is 11.8 Å². The molecule has 0 heterocycles. The van der Waals surface area contributed by atoms with Crippen molar-refractivity contribution >= 4 is 17.4 Å². The molecule has 1 nitrogen and oxygen atoms in total. The highest BCUT2D eigenvalue weighted by atomic mass is 32.2. The van der Waals surface area contributed by atoms with E-state index in [2.05, 4.69) is 74.0 Å². The summed E-state index contributed by atoms with van der Waals surface area (Å²) in [6.07, 6.45) is 2.10. The molecule has 0 saturated heterocycles. The molecule has 0 radical (unpaired) electrons. The van der Waals surface area contributed by atoms with Crippen LogP contribution in [0.5, 0.6) is 0 Å². The van der Waals surface area contributed by atoms with Gasteiger partial charge in [-0.25, -0.2) is 0 Å². The Labute approximate surface area is 114 Å². The third kappa shape index (κ3) is 3.08. The Morgan fingerprint density at radius 3 is 2.56 bits per heavy atom. The summed E-state index contributed by atoms with van der Waals surface area (Å²) in [4.78, 5) is 1.29. The maximum absolute atomic E-state index is 3.56. The van der Waals surface area contributed by atoms with Crippen molar-refractivity contribution in [1.29, 1.82) is 0 Å². The van der Waals surface area contributed by atoms with Crippen molar-refractivity contribution in [2.75, 3.05) is 11.6 Å². The number of thioether (sulfide) groups is 1. The second-order valence-electron chi connectivity index (χ2n) is 4.45. The quantitative estimate of drug-likeness (QED) is 0.783. The van der Waals surface area contributed by atoms with Crippen LogP contribution in [0.25, 0.3) is 0 Å². The van der Waals surface area contributed by atoms with Gasteiger partial charge in [0.05, 0.1) is 0 Å². The minimum Gasteiger partial charge on any atom is -0.378 e. The highest BCUT2D eigenvalue weighted by Crippen LogP contribution is 2.24. The monoisotopic (exact) mass is 257 g/mol. The Hall–Kier alpha value is -1.41. The van der Waals surface area contributed by atoms with Crippen LogP contribution in [0.15, 0.2) is 53.4 Å². The smallest absolute Gasteiger partial charge is 0.0488 e. The van der Waals surface area contributed by atoms with Gasteiger partial charge in [0, 0.05) is 16.6 Å². The second-order valence-corrected chi connectivity index (χ2v) is 5.33. The maximum atomic E-state index is 3.56. The molecule has 94 valence electrons. The van der Waals surface area contributed by atoms with Gasteiger partial charge in [-0.3, -0.25) is 0 Å². The van der Waals surface area contributed by atoms with Crippen molar-refractivity contribution in [1.82, 2.24) is 0 Å². The van der Waals surface area contributed by atoms with Crippen molar-refractivity contribution in [3.63, 3.8) is 0 Å². The van der Waals surface area contributed by atoms with E-state index in [-0.39, 0.29) is 0 Å². The van der Waals surface area contributed by atoms with E-state index in [4.69, 9.17) is 0 Å². The lowest BCUT2D eigenvalue weighted by molar-refractivity contribution is 0.873. The van der Waals surface area contributed by atoms with Gasteiger partial charge in [0.25, 0.3) is 0 Å². The summed E-state index contributed by atoms with van der Waals surface area (Å²) in [6, 6.07) is 17.4. The first-order valence-electron chi connectivity index (χ1n) is 6.17. The Morgan fingerprint density at radius 2 is 1.83 bits per heavy atom. The molecule has 1 unspecified atom stereocenters. The highest BCUT2D eigenvalue weighted by molar-refractivity contribution is 7.98. The van der Waals surface area contributed by atoms with Gasteiger partial charge in [-0.05, 0) is 49.4 Å². The summed E-state index contributed by atoms with van der Waals surface area (Å²) in [5.74, 6) is 0. The molecule has 0 saturated carbocycles. The topological polar surface area (TPSA) is 12.0 Å². The van der Waals surface area contributed by atoms with Crippen LogP contribution >= 0.6 is 11.8 Å². The van der Waals surface area contributed by atoms with E-state index in [1.165, 1.54) is 21.7 Å². The molecule has 1 atom stereocenters. The van der Waals surface area contributed by atoms with Gasteiger partial charge in [0.15, 0.2) is 0 Å². The highest BCUT2D eigenvalue weighted by Gasteiger charge is 2.07. The first kappa shape index (κ1) is 13.0. The summed E-state index contributed by atoms with van der Waals surface area (Å²) in [5, 5.41) is 3.56. The fraction of sp³-hybridized carbons (Fsp3) is 0.250. The molecule has 1 N–H and O–H groups in total. The van der Waals surface area contributed by atoms with E-state index >= 15 is 0 Å². The normalized spacial score (nSPS) is 12.2. The molecule has 18 heavy (non-hydrogen) atoms. The third-order valence-electron chi connectivity index (χ3n) is 3.11. The first-order valence-corrected chi connectivity index (χ1v) is 7.39.